The van der Waals surface area contributed by atoms with Crippen molar-refractivity contribution < 1.29 is 0 Å². The molecule has 0 radical (unpaired) electrons. The average Bonchev–Trinajstić information content (AvgIpc) is 1.98. The maximum Gasteiger partial charge on any atom is 0.0251 e. The van der Waals surface area contributed by atoms with Crippen molar-refractivity contribution in [3.05, 3.63) is 0 Å². The minimum Gasteiger partial charge on any atom is -0.159 e. The summed E-state index contributed by atoms with van der Waals surface area (Å²) < 4.78 is 0. The van der Waals surface area contributed by atoms with Crippen LogP contribution in [0.25, 0.3) is 0 Å². The molecule has 1 unspecified atom stereocenters. The first kappa shape index (κ1) is 11.6. The second-order valence-corrected chi connectivity index (χ2v) is 5.13. The Morgan fingerprint density at radius 2 is 2.00 bits per heavy atom. The summed E-state index contributed by atoms with van der Waals surface area (Å²) in [5.41, 5.74) is 0. The van der Waals surface area contributed by atoms with E-state index in [0.717, 1.165) is 17.0 Å². The summed E-state index contributed by atoms with van der Waals surface area (Å²) in [6, 6.07) is 0. The van der Waals surface area contributed by atoms with Crippen molar-refractivity contribution >= 4 is 23.4 Å². The fourth-order valence-corrected chi connectivity index (χ4v) is 2.17. The van der Waals surface area contributed by atoms with Crippen LogP contribution < -0.4 is 0 Å². The molecule has 0 aliphatic heterocycles. The Balaban J connectivity index is 3.21. The second kappa shape index (κ2) is 7.30. The number of alkyl halides is 1. The molecule has 0 spiro atoms. The smallest absolute Gasteiger partial charge is 0.0251 e. The summed E-state index contributed by atoms with van der Waals surface area (Å²) in [5.74, 6) is 2.83. The molecule has 0 N–H and O–H groups in total. The Morgan fingerprint density at radius 3 is 2.36 bits per heavy atom. The third kappa shape index (κ3) is 7.02. The van der Waals surface area contributed by atoms with E-state index in [-0.39, 0.29) is 0 Å². The molecule has 0 aromatic carbocycles. The first-order valence-electron chi connectivity index (χ1n) is 4.38. The molecule has 0 fully saturated rings. The number of rotatable bonds is 6. The van der Waals surface area contributed by atoms with Crippen LogP contribution in [-0.4, -0.2) is 16.9 Å². The van der Waals surface area contributed by atoms with E-state index in [1.165, 1.54) is 18.6 Å². The fraction of sp³-hybridized carbons (Fsp3) is 1.00. The maximum absolute atomic E-state index is 5.77. The van der Waals surface area contributed by atoms with Crippen LogP contribution in [0.1, 0.15) is 33.6 Å². The van der Waals surface area contributed by atoms with E-state index < -0.39 is 0 Å². The molecule has 1 atom stereocenters. The van der Waals surface area contributed by atoms with Crippen molar-refractivity contribution in [3.8, 4) is 0 Å². The molecule has 0 bridgehead atoms. The van der Waals surface area contributed by atoms with E-state index >= 15 is 0 Å². The van der Waals surface area contributed by atoms with Gasteiger partial charge in [0.2, 0.25) is 0 Å². The Morgan fingerprint density at radius 1 is 1.36 bits per heavy atom. The van der Waals surface area contributed by atoms with Gasteiger partial charge >= 0.3 is 0 Å². The van der Waals surface area contributed by atoms with Gasteiger partial charge in [0.05, 0.1) is 0 Å². The number of hydrogen-bond donors (Lipinski definition) is 0. The zero-order valence-electron chi connectivity index (χ0n) is 7.77. The molecule has 0 heterocycles. The predicted octanol–water partition coefficient (Wildman–Crippen LogP) is 3.78. The van der Waals surface area contributed by atoms with Crippen molar-refractivity contribution in [2.45, 2.75) is 38.9 Å². The lowest BCUT2D eigenvalue weighted by Crippen LogP contribution is -2.03. The molecule has 0 rings (SSSR count). The zero-order valence-corrected chi connectivity index (χ0v) is 9.34. The lowest BCUT2D eigenvalue weighted by Gasteiger charge is -2.11. The van der Waals surface area contributed by atoms with Crippen molar-refractivity contribution in [1.29, 1.82) is 0 Å². The fourth-order valence-electron chi connectivity index (χ4n) is 0.861. The van der Waals surface area contributed by atoms with Crippen LogP contribution in [0.15, 0.2) is 0 Å². The largest absolute Gasteiger partial charge is 0.159 e. The van der Waals surface area contributed by atoms with Crippen molar-refractivity contribution in [2.75, 3.05) is 11.6 Å². The maximum atomic E-state index is 5.77. The summed E-state index contributed by atoms with van der Waals surface area (Å²) in [6.07, 6.45) is 2.50. The van der Waals surface area contributed by atoms with E-state index in [0.29, 0.717) is 0 Å². The summed E-state index contributed by atoms with van der Waals surface area (Å²) in [4.78, 5) is 0. The molecule has 0 nitrogen and oxygen atoms in total. The molecule has 2 heteroatoms. The minimum absolute atomic E-state index is 0.739. The van der Waals surface area contributed by atoms with Gasteiger partial charge in [0.25, 0.3) is 0 Å². The Labute approximate surface area is 80.1 Å². The first-order valence-corrected chi connectivity index (χ1v) is 5.96. The highest BCUT2D eigenvalue weighted by molar-refractivity contribution is 7.99. The van der Waals surface area contributed by atoms with Crippen LogP contribution >= 0.6 is 23.4 Å². The average molecular weight is 195 g/mol. The van der Waals surface area contributed by atoms with Crippen molar-refractivity contribution in [2.24, 2.45) is 5.92 Å². The SMILES string of the molecule is CCC(CCl)CCSC(C)C. The molecule has 0 saturated carbocycles. The van der Waals surface area contributed by atoms with Gasteiger partial charge in [0.1, 0.15) is 0 Å². The van der Waals surface area contributed by atoms with Crippen LogP contribution in [0.5, 0.6) is 0 Å². The highest BCUT2D eigenvalue weighted by Crippen LogP contribution is 2.17. The van der Waals surface area contributed by atoms with Crippen LogP contribution in [0, 0.1) is 5.92 Å². The monoisotopic (exact) mass is 194 g/mol. The normalized spacial score (nSPS) is 13.9. The van der Waals surface area contributed by atoms with Gasteiger partial charge in [0, 0.05) is 5.88 Å². The molecule has 0 aromatic rings. The van der Waals surface area contributed by atoms with Gasteiger partial charge in [0.15, 0.2) is 0 Å². The van der Waals surface area contributed by atoms with Crippen LogP contribution in [-0.2, 0) is 0 Å². The van der Waals surface area contributed by atoms with E-state index in [9.17, 15) is 0 Å². The van der Waals surface area contributed by atoms with Crippen LogP contribution in [0.2, 0.25) is 0 Å². The number of thioether (sulfide) groups is 1. The van der Waals surface area contributed by atoms with Crippen LogP contribution in [0.3, 0.4) is 0 Å². The lowest BCUT2D eigenvalue weighted by atomic mass is 10.1. The molecule has 0 aliphatic rings. The van der Waals surface area contributed by atoms with Crippen molar-refractivity contribution in [3.63, 3.8) is 0 Å². The van der Waals surface area contributed by atoms with Crippen LogP contribution in [0.4, 0.5) is 0 Å². The quantitative estimate of drug-likeness (QED) is 0.580. The highest BCUT2D eigenvalue weighted by Gasteiger charge is 2.04. The molecule has 68 valence electrons. The van der Waals surface area contributed by atoms with Crippen molar-refractivity contribution in [1.82, 2.24) is 0 Å². The third-order valence-corrected chi connectivity index (χ3v) is 3.35. The van der Waals surface area contributed by atoms with Gasteiger partial charge < -0.3 is 0 Å². The van der Waals surface area contributed by atoms with Gasteiger partial charge in [-0.05, 0) is 23.3 Å². The number of hydrogen-bond acceptors (Lipinski definition) is 1. The third-order valence-electron chi connectivity index (χ3n) is 1.77. The zero-order chi connectivity index (χ0) is 8.69. The molecule has 11 heavy (non-hydrogen) atoms. The van der Waals surface area contributed by atoms with E-state index in [1.54, 1.807) is 0 Å². The van der Waals surface area contributed by atoms with Gasteiger partial charge in [-0.25, -0.2) is 0 Å². The standard InChI is InChI=1S/C9H19ClS/c1-4-9(7-10)5-6-11-8(2)3/h8-9H,4-7H2,1-3H3. The Bertz CT molecular complexity index is 79.6. The Kier molecular flexibility index (Phi) is 7.72. The summed E-state index contributed by atoms with van der Waals surface area (Å²) in [7, 11) is 0. The topological polar surface area (TPSA) is 0 Å². The van der Waals surface area contributed by atoms with E-state index in [1.807, 2.05) is 11.8 Å². The molecule has 0 aromatic heterocycles. The van der Waals surface area contributed by atoms with E-state index in [2.05, 4.69) is 20.8 Å². The predicted molar refractivity (Wildman–Crippen MR) is 56.7 cm³/mol. The number of halogens is 1. The van der Waals surface area contributed by atoms with Gasteiger partial charge in [-0.15, -0.1) is 11.6 Å². The molecule has 0 amide bonds. The molecule has 0 aliphatic carbocycles. The van der Waals surface area contributed by atoms with Gasteiger partial charge in [-0.2, -0.15) is 11.8 Å². The lowest BCUT2D eigenvalue weighted by molar-refractivity contribution is 0.555. The Hall–Kier alpha value is 0.640. The summed E-state index contributed by atoms with van der Waals surface area (Å²) in [5, 5.41) is 0.767. The molecular formula is C9H19ClS. The molecule has 0 saturated heterocycles. The van der Waals surface area contributed by atoms with Gasteiger partial charge in [-0.1, -0.05) is 27.2 Å². The van der Waals surface area contributed by atoms with E-state index in [4.69, 9.17) is 11.6 Å². The highest BCUT2D eigenvalue weighted by atomic mass is 35.5. The van der Waals surface area contributed by atoms with Gasteiger partial charge in [-0.3, -0.25) is 0 Å². The molecular weight excluding hydrogens is 176 g/mol. The summed E-state index contributed by atoms with van der Waals surface area (Å²) >= 11 is 7.81. The minimum atomic E-state index is 0.739. The summed E-state index contributed by atoms with van der Waals surface area (Å²) in [6.45, 7) is 6.70. The second-order valence-electron chi connectivity index (χ2n) is 3.14. The first-order chi connectivity index (χ1) is 5.20.